The average molecular weight is 488 g/mol. The van der Waals surface area contributed by atoms with E-state index in [1.54, 1.807) is 36.0 Å². The van der Waals surface area contributed by atoms with Gasteiger partial charge in [0.25, 0.3) is 11.8 Å². The van der Waals surface area contributed by atoms with Gasteiger partial charge in [0.1, 0.15) is 0 Å². The lowest BCUT2D eigenvalue weighted by Gasteiger charge is -2.24. The minimum Gasteiger partial charge on any atom is -0.481 e. The second-order valence-corrected chi connectivity index (χ2v) is 10.0. The van der Waals surface area contributed by atoms with Crippen LogP contribution >= 0.6 is 27.7 Å². The number of carbonyl (C=O) groups excluding carboxylic acids is 2. The van der Waals surface area contributed by atoms with Crippen LogP contribution in [-0.2, 0) is 11.2 Å². The van der Waals surface area contributed by atoms with E-state index >= 15 is 0 Å². The number of nitrogens with zero attached hydrogens (tertiary/aromatic N) is 1. The summed E-state index contributed by atoms with van der Waals surface area (Å²) in [6, 6.07) is 14.9. The molecular formula is C23H22BrNO4S. The molecule has 7 heteroatoms. The maximum Gasteiger partial charge on any atom is 0.307 e. The van der Waals surface area contributed by atoms with E-state index in [-0.39, 0.29) is 29.5 Å². The molecular weight excluding hydrogens is 466 g/mol. The van der Waals surface area contributed by atoms with Crippen LogP contribution in [0.15, 0.2) is 53.0 Å². The summed E-state index contributed by atoms with van der Waals surface area (Å²) < 4.78 is 1.04. The molecule has 2 aliphatic rings. The Morgan fingerprint density at radius 2 is 1.67 bits per heavy atom. The molecule has 3 atom stereocenters. The number of carboxylic acid groups (broad SMARTS) is 1. The van der Waals surface area contributed by atoms with Crippen molar-refractivity contribution in [2.75, 3.05) is 12.3 Å². The van der Waals surface area contributed by atoms with E-state index in [9.17, 15) is 19.5 Å². The Kier molecular flexibility index (Phi) is 6.29. The van der Waals surface area contributed by atoms with Gasteiger partial charge in [-0.2, -0.15) is 11.8 Å². The fourth-order valence-electron chi connectivity index (χ4n) is 4.41. The number of imide groups is 1. The number of rotatable bonds is 7. The highest BCUT2D eigenvalue weighted by atomic mass is 79.9. The van der Waals surface area contributed by atoms with E-state index in [1.807, 2.05) is 12.1 Å². The molecule has 1 N–H and O–H groups in total. The van der Waals surface area contributed by atoms with E-state index in [4.69, 9.17) is 0 Å². The number of amides is 2. The van der Waals surface area contributed by atoms with Crippen LogP contribution in [-0.4, -0.2) is 45.3 Å². The molecule has 1 aliphatic heterocycles. The Labute approximate surface area is 188 Å². The lowest BCUT2D eigenvalue weighted by molar-refractivity contribution is -0.142. The van der Waals surface area contributed by atoms with E-state index in [2.05, 4.69) is 28.1 Å². The molecule has 2 aromatic rings. The second kappa shape index (κ2) is 8.94. The SMILES string of the molecule is O=C(O)C1C(CN2C(=O)c3ccccc3C2=O)CCC1SCCc1ccc(Br)cc1. The van der Waals surface area contributed by atoms with Gasteiger partial charge in [-0.1, -0.05) is 40.2 Å². The highest BCUT2D eigenvalue weighted by Gasteiger charge is 2.45. The van der Waals surface area contributed by atoms with Crippen LogP contribution in [0, 0.1) is 11.8 Å². The number of carboxylic acids is 1. The van der Waals surface area contributed by atoms with E-state index < -0.39 is 11.9 Å². The summed E-state index contributed by atoms with van der Waals surface area (Å²) in [7, 11) is 0. The number of aryl methyl sites for hydroxylation is 1. The average Bonchev–Trinajstić information content (AvgIpc) is 3.24. The fourth-order valence-corrected chi connectivity index (χ4v) is 6.18. The molecule has 0 saturated heterocycles. The molecule has 1 fully saturated rings. The molecule has 3 unspecified atom stereocenters. The van der Waals surface area contributed by atoms with Crippen molar-refractivity contribution in [3.05, 3.63) is 69.7 Å². The standard InChI is InChI=1S/C23H22BrNO4S/c24-16-8-5-14(6-9-16)11-12-30-19-10-7-15(20(19)23(28)29)13-25-21(26)17-3-1-2-4-18(17)22(25)27/h1-6,8-9,15,19-20H,7,10-13H2,(H,28,29). The van der Waals surface area contributed by atoms with Crippen molar-refractivity contribution in [1.82, 2.24) is 4.90 Å². The monoisotopic (exact) mass is 487 g/mol. The van der Waals surface area contributed by atoms with Crippen LogP contribution in [0.4, 0.5) is 0 Å². The predicted octanol–water partition coefficient (Wildman–Crippen LogP) is 4.50. The Balaban J connectivity index is 1.39. The van der Waals surface area contributed by atoms with Gasteiger partial charge in [-0.25, -0.2) is 0 Å². The smallest absolute Gasteiger partial charge is 0.307 e. The summed E-state index contributed by atoms with van der Waals surface area (Å²) in [6.07, 6.45) is 2.37. The fraction of sp³-hybridized carbons (Fsp3) is 0.348. The number of fused-ring (bicyclic) bond motifs is 1. The van der Waals surface area contributed by atoms with Gasteiger partial charge in [0.2, 0.25) is 0 Å². The summed E-state index contributed by atoms with van der Waals surface area (Å²) in [6.45, 7) is 0.174. The third kappa shape index (κ3) is 4.18. The van der Waals surface area contributed by atoms with Crippen LogP contribution in [0.3, 0.4) is 0 Å². The summed E-state index contributed by atoms with van der Waals surface area (Å²) >= 11 is 5.12. The van der Waals surface area contributed by atoms with Gasteiger partial charge in [-0.15, -0.1) is 0 Å². The van der Waals surface area contributed by atoms with Gasteiger partial charge in [0.15, 0.2) is 0 Å². The molecule has 1 aliphatic carbocycles. The van der Waals surface area contributed by atoms with Crippen molar-refractivity contribution >= 4 is 45.5 Å². The molecule has 0 spiro atoms. The number of aliphatic carboxylic acids is 1. The van der Waals surface area contributed by atoms with Crippen LogP contribution in [0.2, 0.25) is 0 Å². The first-order valence-corrected chi connectivity index (χ1v) is 11.8. The van der Waals surface area contributed by atoms with Crippen LogP contribution in [0.25, 0.3) is 0 Å². The zero-order valence-electron chi connectivity index (χ0n) is 16.3. The van der Waals surface area contributed by atoms with Crippen molar-refractivity contribution < 1.29 is 19.5 Å². The largest absolute Gasteiger partial charge is 0.481 e. The van der Waals surface area contributed by atoms with Gasteiger partial charge < -0.3 is 5.11 Å². The normalized spacial score (nSPS) is 23.1. The molecule has 5 nitrogen and oxygen atoms in total. The number of benzene rings is 2. The van der Waals surface area contributed by atoms with Crippen molar-refractivity contribution in [3.8, 4) is 0 Å². The quantitative estimate of drug-likeness (QED) is 0.581. The summed E-state index contributed by atoms with van der Waals surface area (Å²) in [5, 5.41) is 9.87. The number of halogens is 1. The first-order chi connectivity index (χ1) is 14.5. The van der Waals surface area contributed by atoms with Crippen LogP contribution in [0.1, 0.15) is 39.1 Å². The molecule has 1 saturated carbocycles. The Hall–Kier alpha value is -2.12. The summed E-state index contributed by atoms with van der Waals surface area (Å²) in [5.41, 5.74) is 2.04. The van der Waals surface area contributed by atoms with E-state index in [0.29, 0.717) is 17.5 Å². The van der Waals surface area contributed by atoms with Gasteiger partial charge in [0.05, 0.1) is 17.0 Å². The van der Waals surface area contributed by atoms with Crippen LogP contribution in [0.5, 0.6) is 0 Å². The van der Waals surface area contributed by atoms with Gasteiger partial charge in [0, 0.05) is 16.3 Å². The number of carbonyl (C=O) groups is 3. The van der Waals surface area contributed by atoms with E-state index in [0.717, 1.165) is 23.1 Å². The van der Waals surface area contributed by atoms with Crippen molar-refractivity contribution in [1.29, 1.82) is 0 Å². The topological polar surface area (TPSA) is 74.7 Å². The first-order valence-electron chi connectivity index (χ1n) is 10.00. The van der Waals surface area contributed by atoms with Crippen molar-refractivity contribution in [2.45, 2.75) is 24.5 Å². The molecule has 30 heavy (non-hydrogen) atoms. The van der Waals surface area contributed by atoms with Gasteiger partial charge >= 0.3 is 5.97 Å². The molecule has 2 aromatic carbocycles. The Morgan fingerprint density at radius 3 is 2.27 bits per heavy atom. The third-order valence-electron chi connectivity index (χ3n) is 5.95. The third-order valence-corrected chi connectivity index (χ3v) is 7.87. The minimum atomic E-state index is -0.838. The highest BCUT2D eigenvalue weighted by molar-refractivity contribution is 9.10. The van der Waals surface area contributed by atoms with Crippen molar-refractivity contribution in [3.63, 3.8) is 0 Å². The lowest BCUT2D eigenvalue weighted by Crippen LogP contribution is -2.38. The first kappa shape index (κ1) is 21.1. The molecule has 0 bridgehead atoms. The maximum atomic E-state index is 12.7. The molecule has 4 rings (SSSR count). The number of thioether (sulfide) groups is 1. The summed E-state index contributed by atoms with van der Waals surface area (Å²) in [5.74, 6) is -1.39. The minimum absolute atomic E-state index is 0.00173. The van der Waals surface area contributed by atoms with Gasteiger partial charge in [-0.3, -0.25) is 19.3 Å². The zero-order chi connectivity index (χ0) is 21.3. The Bertz CT molecular complexity index is 942. The second-order valence-electron chi connectivity index (χ2n) is 7.75. The number of hydrogen-bond acceptors (Lipinski definition) is 4. The molecule has 0 aromatic heterocycles. The molecule has 0 radical (unpaired) electrons. The predicted molar refractivity (Wildman–Crippen MR) is 120 cm³/mol. The maximum absolute atomic E-state index is 12.7. The molecule has 156 valence electrons. The Morgan fingerprint density at radius 1 is 1.03 bits per heavy atom. The van der Waals surface area contributed by atoms with Crippen LogP contribution < -0.4 is 0 Å². The summed E-state index contributed by atoms with van der Waals surface area (Å²) in [4.78, 5) is 38.6. The van der Waals surface area contributed by atoms with Crippen molar-refractivity contribution in [2.24, 2.45) is 11.8 Å². The zero-order valence-corrected chi connectivity index (χ0v) is 18.7. The lowest BCUT2D eigenvalue weighted by atomic mass is 9.95. The number of hydrogen-bond donors (Lipinski definition) is 1. The van der Waals surface area contributed by atoms with Gasteiger partial charge in [-0.05, 0) is 60.8 Å². The molecule has 2 amide bonds. The highest BCUT2D eigenvalue weighted by Crippen LogP contribution is 2.41. The molecule has 1 heterocycles. The van der Waals surface area contributed by atoms with E-state index in [1.165, 1.54) is 10.5 Å².